The molecule has 0 bridgehead atoms. The van der Waals surface area contributed by atoms with Crippen molar-refractivity contribution in [3.63, 3.8) is 0 Å². The first-order valence-corrected chi connectivity index (χ1v) is 11.6. The van der Waals surface area contributed by atoms with E-state index in [1.54, 1.807) is 0 Å². The van der Waals surface area contributed by atoms with Crippen molar-refractivity contribution >= 4 is 11.9 Å². The average molecular weight is 397 g/mol. The van der Waals surface area contributed by atoms with Crippen LogP contribution in [0.25, 0.3) is 0 Å². The summed E-state index contributed by atoms with van der Waals surface area (Å²) in [6.45, 7) is 12.3. The first kappa shape index (κ1) is 25.0. The Kier molecular flexibility index (Phi) is 10.5. The maximum absolute atomic E-state index is 12.3. The molecule has 1 fully saturated rings. The Bertz CT molecular complexity index is 465. The quantitative estimate of drug-likeness (QED) is 0.245. The van der Waals surface area contributed by atoms with Gasteiger partial charge in [-0.15, -0.1) is 0 Å². The molecule has 0 unspecified atom stereocenters. The summed E-state index contributed by atoms with van der Waals surface area (Å²) in [5, 5.41) is 0. The van der Waals surface area contributed by atoms with Crippen molar-refractivity contribution in [2.45, 2.75) is 131 Å². The molecule has 0 aromatic carbocycles. The first-order valence-electron chi connectivity index (χ1n) is 11.6. The van der Waals surface area contributed by atoms with E-state index in [-0.39, 0.29) is 35.0 Å². The van der Waals surface area contributed by atoms with Crippen LogP contribution in [0, 0.1) is 10.8 Å². The largest absolute Gasteiger partial charge is 0.461 e. The van der Waals surface area contributed by atoms with Crippen molar-refractivity contribution in [1.29, 1.82) is 0 Å². The van der Waals surface area contributed by atoms with Gasteiger partial charge in [-0.25, -0.2) is 0 Å². The average Bonchev–Trinajstić information content (AvgIpc) is 2.62. The van der Waals surface area contributed by atoms with Gasteiger partial charge in [0.15, 0.2) is 0 Å². The summed E-state index contributed by atoms with van der Waals surface area (Å²) in [5.74, 6) is -0.277. The molecule has 1 saturated carbocycles. The number of hydrogen-bond acceptors (Lipinski definition) is 4. The minimum absolute atomic E-state index is 0.118. The van der Waals surface area contributed by atoms with Crippen LogP contribution in [0.1, 0.15) is 119 Å². The molecule has 164 valence electrons. The zero-order chi connectivity index (χ0) is 21.2. The fourth-order valence-electron chi connectivity index (χ4n) is 4.87. The molecule has 1 aliphatic carbocycles. The maximum atomic E-state index is 12.3. The molecule has 0 heterocycles. The molecule has 0 spiro atoms. The smallest absolute Gasteiger partial charge is 0.306 e. The van der Waals surface area contributed by atoms with E-state index >= 15 is 0 Å². The molecule has 0 aliphatic heterocycles. The van der Waals surface area contributed by atoms with Crippen LogP contribution in [-0.4, -0.2) is 24.1 Å². The number of hydrogen-bond donors (Lipinski definition) is 0. The van der Waals surface area contributed by atoms with Crippen LogP contribution < -0.4 is 0 Å². The van der Waals surface area contributed by atoms with Crippen molar-refractivity contribution in [2.24, 2.45) is 10.8 Å². The van der Waals surface area contributed by atoms with Gasteiger partial charge in [0.2, 0.25) is 0 Å². The highest BCUT2D eigenvalue weighted by Crippen LogP contribution is 2.57. The van der Waals surface area contributed by atoms with Crippen molar-refractivity contribution in [2.75, 3.05) is 0 Å². The summed E-state index contributed by atoms with van der Waals surface area (Å²) < 4.78 is 11.5. The summed E-state index contributed by atoms with van der Waals surface area (Å²) in [6.07, 6.45) is 12.4. The molecule has 1 aliphatic rings. The minimum Gasteiger partial charge on any atom is -0.461 e. The maximum Gasteiger partial charge on any atom is 0.306 e. The monoisotopic (exact) mass is 396 g/mol. The van der Waals surface area contributed by atoms with Crippen molar-refractivity contribution in [3.05, 3.63) is 0 Å². The highest BCUT2D eigenvalue weighted by molar-refractivity contribution is 5.71. The second-order valence-electron chi connectivity index (χ2n) is 9.71. The standard InChI is InChI=1S/C24H44O4/c1-7-9-10-11-12-13-14-15-16-18-20(26)28-22-23(3,4)21(24(22,5)6)27-19(25)17-8-2/h21-22H,7-18H2,1-6H3. The van der Waals surface area contributed by atoms with E-state index in [2.05, 4.69) is 6.92 Å². The highest BCUT2D eigenvalue weighted by Gasteiger charge is 2.66. The third-order valence-corrected chi connectivity index (χ3v) is 6.14. The van der Waals surface area contributed by atoms with E-state index in [1.807, 2.05) is 34.6 Å². The van der Waals surface area contributed by atoms with Crippen LogP contribution in [0.2, 0.25) is 0 Å². The third kappa shape index (κ3) is 7.08. The molecule has 0 amide bonds. The minimum atomic E-state index is -0.346. The van der Waals surface area contributed by atoms with Crippen LogP contribution in [-0.2, 0) is 19.1 Å². The van der Waals surface area contributed by atoms with Crippen LogP contribution in [0.5, 0.6) is 0 Å². The van der Waals surface area contributed by atoms with E-state index < -0.39 is 0 Å². The Morgan fingerprint density at radius 1 is 0.607 bits per heavy atom. The fourth-order valence-corrected chi connectivity index (χ4v) is 4.87. The summed E-state index contributed by atoms with van der Waals surface area (Å²) in [4.78, 5) is 24.3. The Morgan fingerprint density at radius 2 is 1.00 bits per heavy atom. The third-order valence-electron chi connectivity index (χ3n) is 6.14. The molecule has 0 atom stereocenters. The molecule has 0 saturated heterocycles. The number of unbranched alkanes of at least 4 members (excludes halogenated alkanes) is 8. The van der Waals surface area contributed by atoms with Gasteiger partial charge in [0.1, 0.15) is 12.2 Å². The predicted octanol–water partition coefficient (Wildman–Crippen LogP) is 6.60. The lowest BCUT2D eigenvalue weighted by Crippen LogP contribution is -2.69. The normalized spacial score (nSPS) is 22.4. The molecular formula is C24H44O4. The van der Waals surface area contributed by atoms with E-state index in [0.29, 0.717) is 12.8 Å². The lowest BCUT2D eigenvalue weighted by molar-refractivity contribution is -0.268. The second kappa shape index (κ2) is 11.8. The summed E-state index contributed by atoms with van der Waals surface area (Å²) in [7, 11) is 0. The molecule has 0 N–H and O–H groups in total. The lowest BCUT2D eigenvalue weighted by atomic mass is 9.51. The van der Waals surface area contributed by atoms with E-state index in [9.17, 15) is 9.59 Å². The second-order valence-corrected chi connectivity index (χ2v) is 9.71. The Balaban J connectivity index is 2.29. The fraction of sp³-hybridized carbons (Fsp3) is 0.917. The molecule has 0 aromatic rings. The van der Waals surface area contributed by atoms with Gasteiger partial charge >= 0.3 is 11.9 Å². The van der Waals surface area contributed by atoms with Crippen LogP contribution >= 0.6 is 0 Å². The zero-order valence-electron chi connectivity index (χ0n) is 19.3. The van der Waals surface area contributed by atoms with Gasteiger partial charge in [-0.2, -0.15) is 0 Å². The predicted molar refractivity (Wildman–Crippen MR) is 114 cm³/mol. The number of esters is 2. The summed E-state index contributed by atoms with van der Waals surface area (Å²) in [6, 6.07) is 0. The van der Waals surface area contributed by atoms with E-state index in [1.165, 1.54) is 44.9 Å². The van der Waals surface area contributed by atoms with Gasteiger partial charge in [0, 0.05) is 23.7 Å². The van der Waals surface area contributed by atoms with Gasteiger partial charge in [0.05, 0.1) is 0 Å². The molecule has 4 nitrogen and oxygen atoms in total. The number of carbonyl (C=O) groups is 2. The lowest BCUT2D eigenvalue weighted by Gasteiger charge is -2.61. The van der Waals surface area contributed by atoms with Gasteiger partial charge in [-0.1, -0.05) is 92.9 Å². The topological polar surface area (TPSA) is 52.6 Å². The number of carbonyl (C=O) groups excluding carboxylic acids is 2. The summed E-state index contributed by atoms with van der Waals surface area (Å²) in [5.41, 5.74) is -0.692. The number of ether oxygens (including phenoxy) is 2. The van der Waals surface area contributed by atoms with Gasteiger partial charge in [-0.3, -0.25) is 9.59 Å². The van der Waals surface area contributed by atoms with Crippen LogP contribution in [0.3, 0.4) is 0 Å². The molecule has 28 heavy (non-hydrogen) atoms. The first-order chi connectivity index (χ1) is 13.2. The molecule has 0 aromatic heterocycles. The SMILES string of the molecule is CCCCCCCCCCCC(=O)OC1C(C)(C)C(OC(=O)CCC)C1(C)C. The molecular weight excluding hydrogens is 352 g/mol. The number of rotatable bonds is 14. The van der Waals surface area contributed by atoms with Crippen LogP contribution in [0.15, 0.2) is 0 Å². The Morgan fingerprint density at radius 3 is 1.43 bits per heavy atom. The Hall–Kier alpha value is -1.06. The summed E-state index contributed by atoms with van der Waals surface area (Å²) >= 11 is 0. The van der Waals surface area contributed by atoms with Crippen molar-refractivity contribution in [1.82, 2.24) is 0 Å². The zero-order valence-corrected chi connectivity index (χ0v) is 19.3. The van der Waals surface area contributed by atoms with Gasteiger partial charge < -0.3 is 9.47 Å². The van der Waals surface area contributed by atoms with Crippen LogP contribution in [0.4, 0.5) is 0 Å². The van der Waals surface area contributed by atoms with Crippen molar-refractivity contribution in [3.8, 4) is 0 Å². The molecule has 4 heteroatoms. The van der Waals surface area contributed by atoms with E-state index in [4.69, 9.17) is 9.47 Å². The van der Waals surface area contributed by atoms with Gasteiger partial charge in [0.25, 0.3) is 0 Å². The Labute approximate surface area is 173 Å². The molecule has 1 rings (SSSR count). The van der Waals surface area contributed by atoms with Crippen molar-refractivity contribution < 1.29 is 19.1 Å². The van der Waals surface area contributed by atoms with Gasteiger partial charge in [-0.05, 0) is 12.8 Å². The van der Waals surface area contributed by atoms with E-state index in [0.717, 1.165) is 19.3 Å². The molecule has 0 radical (unpaired) electrons. The highest BCUT2D eigenvalue weighted by atomic mass is 16.6.